The van der Waals surface area contributed by atoms with E-state index in [1.54, 1.807) is 24.3 Å². The third-order valence-corrected chi connectivity index (χ3v) is 5.21. The molecular weight excluding hydrogens is 360 g/mol. The third kappa shape index (κ3) is 5.83. The lowest BCUT2D eigenvalue weighted by Crippen LogP contribution is -2.36. The van der Waals surface area contributed by atoms with Gasteiger partial charge in [0.25, 0.3) is 11.8 Å². The molecule has 2 amide bonds. The number of benzene rings is 2. The number of rotatable bonds is 6. The fourth-order valence-corrected chi connectivity index (χ4v) is 3.49. The summed E-state index contributed by atoms with van der Waals surface area (Å²) in [6, 6.07) is 14.7. The molecule has 0 spiro atoms. The summed E-state index contributed by atoms with van der Waals surface area (Å²) in [5, 5.41) is 6.70. The Morgan fingerprint density at radius 1 is 0.852 bits per heavy atom. The average Bonchev–Trinajstić information content (AvgIpc) is 2.70. The Labute approximate surface area is 165 Å². The van der Waals surface area contributed by atoms with Crippen LogP contribution >= 0.6 is 11.6 Å². The first-order chi connectivity index (χ1) is 13.1. The molecular formula is C22H25ClN2O2. The van der Waals surface area contributed by atoms with E-state index in [0.717, 1.165) is 24.8 Å². The Hall–Kier alpha value is -2.33. The zero-order valence-corrected chi connectivity index (χ0v) is 16.1. The van der Waals surface area contributed by atoms with Gasteiger partial charge in [-0.2, -0.15) is 0 Å². The highest BCUT2D eigenvalue weighted by Crippen LogP contribution is 2.18. The van der Waals surface area contributed by atoms with E-state index >= 15 is 0 Å². The van der Waals surface area contributed by atoms with Gasteiger partial charge in [0.1, 0.15) is 0 Å². The lowest BCUT2D eigenvalue weighted by Gasteiger charge is -2.22. The predicted octanol–water partition coefficient (Wildman–Crippen LogP) is 4.38. The number of carbonyl (C=O) groups excluding carboxylic acids is 2. The molecule has 2 aromatic carbocycles. The van der Waals surface area contributed by atoms with Gasteiger partial charge in [0.05, 0.1) is 0 Å². The minimum absolute atomic E-state index is 0.0587. The van der Waals surface area contributed by atoms with Crippen molar-refractivity contribution in [2.24, 2.45) is 0 Å². The van der Waals surface area contributed by atoms with Crippen molar-refractivity contribution in [1.82, 2.24) is 10.6 Å². The molecule has 4 nitrogen and oxygen atoms in total. The standard InChI is InChI=1S/C22H25ClN2O2/c23-19-12-6-16(7-13-19)14-15-24-21(26)17-8-10-18(11-9-17)22(27)25-20-4-2-1-3-5-20/h6-13,20H,1-5,14-15H2,(H,24,26)(H,25,27). The van der Waals surface area contributed by atoms with Gasteiger partial charge in [0, 0.05) is 28.7 Å². The molecule has 3 rings (SSSR count). The molecule has 0 aliphatic heterocycles. The largest absolute Gasteiger partial charge is 0.352 e. The van der Waals surface area contributed by atoms with Crippen LogP contribution in [0.25, 0.3) is 0 Å². The van der Waals surface area contributed by atoms with Gasteiger partial charge in [-0.15, -0.1) is 0 Å². The van der Waals surface area contributed by atoms with Crippen LogP contribution < -0.4 is 10.6 Å². The fourth-order valence-electron chi connectivity index (χ4n) is 3.36. The molecule has 5 heteroatoms. The predicted molar refractivity (Wildman–Crippen MR) is 108 cm³/mol. The molecule has 0 saturated heterocycles. The van der Waals surface area contributed by atoms with Gasteiger partial charge in [-0.25, -0.2) is 0 Å². The van der Waals surface area contributed by atoms with Crippen molar-refractivity contribution in [1.29, 1.82) is 0 Å². The van der Waals surface area contributed by atoms with Crippen molar-refractivity contribution in [3.05, 3.63) is 70.2 Å². The SMILES string of the molecule is O=C(NCCc1ccc(Cl)cc1)c1ccc(C(=O)NC2CCCCC2)cc1. The minimum atomic E-state index is -0.136. The van der Waals surface area contributed by atoms with E-state index in [4.69, 9.17) is 11.6 Å². The minimum Gasteiger partial charge on any atom is -0.352 e. The van der Waals surface area contributed by atoms with Crippen LogP contribution in [-0.2, 0) is 6.42 Å². The quantitative estimate of drug-likeness (QED) is 0.776. The van der Waals surface area contributed by atoms with Gasteiger partial charge in [0.2, 0.25) is 0 Å². The molecule has 0 bridgehead atoms. The summed E-state index contributed by atoms with van der Waals surface area (Å²) in [6.45, 7) is 0.546. The fraction of sp³-hybridized carbons (Fsp3) is 0.364. The van der Waals surface area contributed by atoms with Gasteiger partial charge in [-0.1, -0.05) is 43.0 Å². The number of amides is 2. The van der Waals surface area contributed by atoms with Gasteiger partial charge in [-0.3, -0.25) is 9.59 Å². The summed E-state index contributed by atoms with van der Waals surface area (Å²) >= 11 is 5.87. The third-order valence-electron chi connectivity index (χ3n) is 4.96. The van der Waals surface area contributed by atoms with Gasteiger partial charge in [-0.05, 0) is 61.2 Å². The average molecular weight is 385 g/mol. The second-order valence-electron chi connectivity index (χ2n) is 7.02. The highest BCUT2D eigenvalue weighted by molar-refractivity contribution is 6.30. The lowest BCUT2D eigenvalue weighted by molar-refractivity contribution is 0.0923. The summed E-state index contributed by atoms with van der Waals surface area (Å²) < 4.78 is 0. The zero-order valence-electron chi connectivity index (χ0n) is 15.3. The lowest BCUT2D eigenvalue weighted by atomic mass is 9.95. The molecule has 2 aromatic rings. The molecule has 142 valence electrons. The molecule has 1 aliphatic carbocycles. The summed E-state index contributed by atoms with van der Waals surface area (Å²) in [7, 11) is 0. The molecule has 0 atom stereocenters. The normalized spacial score (nSPS) is 14.6. The number of carbonyl (C=O) groups is 2. The highest BCUT2D eigenvalue weighted by Gasteiger charge is 2.16. The Kier molecular flexibility index (Phi) is 6.88. The van der Waals surface area contributed by atoms with E-state index in [2.05, 4.69) is 10.6 Å². The van der Waals surface area contributed by atoms with Crippen LogP contribution in [0.3, 0.4) is 0 Å². The number of hydrogen-bond donors (Lipinski definition) is 2. The Bertz CT molecular complexity index is 766. The van der Waals surface area contributed by atoms with Crippen LogP contribution in [0.5, 0.6) is 0 Å². The number of nitrogens with one attached hydrogen (secondary N) is 2. The molecule has 2 N–H and O–H groups in total. The van der Waals surface area contributed by atoms with Crippen molar-refractivity contribution < 1.29 is 9.59 Å². The van der Waals surface area contributed by atoms with Crippen LogP contribution in [0, 0.1) is 0 Å². The smallest absolute Gasteiger partial charge is 0.251 e. The van der Waals surface area contributed by atoms with Crippen molar-refractivity contribution in [3.63, 3.8) is 0 Å². The zero-order chi connectivity index (χ0) is 19.1. The topological polar surface area (TPSA) is 58.2 Å². The molecule has 1 fully saturated rings. The maximum atomic E-state index is 12.3. The van der Waals surface area contributed by atoms with Crippen molar-refractivity contribution >= 4 is 23.4 Å². The first-order valence-electron chi connectivity index (χ1n) is 9.55. The molecule has 0 unspecified atom stereocenters. The van der Waals surface area contributed by atoms with E-state index in [1.807, 2.05) is 24.3 Å². The second-order valence-corrected chi connectivity index (χ2v) is 7.45. The Morgan fingerprint density at radius 2 is 1.44 bits per heavy atom. The summed E-state index contributed by atoms with van der Waals surface area (Å²) in [5.41, 5.74) is 2.27. The molecule has 0 heterocycles. The monoisotopic (exact) mass is 384 g/mol. The van der Waals surface area contributed by atoms with Gasteiger partial charge in [0.15, 0.2) is 0 Å². The summed E-state index contributed by atoms with van der Waals surface area (Å²) in [4.78, 5) is 24.6. The van der Waals surface area contributed by atoms with E-state index in [0.29, 0.717) is 22.7 Å². The number of hydrogen-bond acceptors (Lipinski definition) is 2. The van der Waals surface area contributed by atoms with Crippen molar-refractivity contribution in [2.75, 3.05) is 6.54 Å². The van der Waals surface area contributed by atoms with E-state index < -0.39 is 0 Å². The molecule has 1 aliphatic rings. The van der Waals surface area contributed by atoms with Gasteiger partial charge < -0.3 is 10.6 Å². The molecule has 27 heavy (non-hydrogen) atoms. The van der Waals surface area contributed by atoms with Crippen molar-refractivity contribution in [2.45, 2.75) is 44.6 Å². The second kappa shape index (κ2) is 9.56. The van der Waals surface area contributed by atoms with Crippen LogP contribution in [0.2, 0.25) is 5.02 Å². The summed E-state index contributed by atoms with van der Waals surface area (Å²) in [6.07, 6.45) is 6.47. The summed E-state index contributed by atoms with van der Waals surface area (Å²) in [5.74, 6) is -0.195. The van der Waals surface area contributed by atoms with E-state index in [1.165, 1.54) is 19.3 Å². The van der Waals surface area contributed by atoms with Crippen LogP contribution in [0.1, 0.15) is 58.4 Å². The Balaban J connectivity index is 1.47. The van der Waals surface area contributed by atoms with Crippen LogP contribution in [-0.4, -0.2) is 24.4 Å². The van der Waals surface area contributed by atoms with Crippen LogP contribution in [0.15, 0.2) is 48.5 Å². The maximum absolute atomic E-state index is 12.3. The maximum Gasteiger partial charge on any atom is 0.251 e. The Morgan fingerprint density at radius 3 is 2.07 bits per heavy atom. The van der Waals surface area contributed by atoms with Crippen molar-refractivity contribution in [3.8, 4) is 0 Å². The molecule has 0 aromatic heterocycles. The first-order valence-corrected chi connectivity index (χ1v) is 9.93. The number of halogens is 1. The first kappa shape index (κ1) is 19.4. The highest BCUT2D eigenvalue weighted by atomic mass is 35.5. The molecule has 1 saturated carbocycles. The van der Waals surface area contributed by atoms with Crippen LogP contribution in [0.4, 0.5) is 0 Å². The van der Waals surface area contributed by atoms with E-state index in [-0.39, 0.29) is 17.9 Å². The van der Waals surface area contributed by atoms with Gasteiger partial charge >= 0.3 is 0 Å². The van der Waals surface area contributed by atoms with E-state index in [9.17, 15) is 9.59 Å². The molecule has 0 radical (unpaired) electrons.